The summed E-state index contributed by atoms with van der Waals surface area (Å²) in [4.78, 5) is 25.8. The number of nitrogens with one attached hydrogen (secondary N) is 2. The standard InChI is InChI=1S/C26H22N2O4/c1-31-20-12-7-18(8-13-20)25(29)27-23-16-11-17-5-3-4-6-22(17)24(23)28-26(30)19-9-14-21(32-2)15-10-19/h3-16H,1-2H3,(H,27,29)(H,28,30). The summed E-state index contributed by atoms with van der Waals surface area (Å²) in [6.07, 6.45) is 0. The molecule has 6 nitrogen and oxygen atoms in total. The summed E-state index contributed by atoms with van der Waals surface area (Å²) >= 11 is 0. The summed E-state index contributed by atoms with van der Waals surface area (Å²) in [7, 11) is 3.14. The molecule has 0 unspecified atom stereocenters. The minimum Gasteiger partial charge on any atom is -0.497 e. The Bertz CT molecular complexity index is 1270. The first-order valence-electron chi connectivity index (χ1n) is 10.0. The number of anilines is 2. The molecular weight excluding hydrogens is 404 g/mol. The highest BCUT2D eigenvalue weighted by Gasteiger charge is 2.15. The van der Waals surface area contributed by atoms with Crippen LogP contribution in [0.5, 0.6) is 11.5 Å². The van der Waals surface area contributed by atoms with E-state index in [2.05, 4.69) is 10.6 Å². The molecule has 6 heteroatoms. The molecule has 0 spiro atoms. The van der Waals surface area contributed by atoms with Crippen LogP contribution in [-0.2, 0) is 0 Å². The van der Waals surface area contributed by atoms with Gasteiger partial charge < -0.3 is 20.1 Å². The maximum absolute atomic E-state index is 13.0. The van der Waals surface area contributed by atoms with Gasteiger partial charge in [-0.25, -0.2) is 0 Å². The molecule has 0 aromatic heterocycles. The van der Waals surface area contributed by atoms with E-state index in [0.29, 0.717) is 34.0 Å². The van der Waals surface area contributed by atoms with Crippen LogP contribution >= 0.6 is 0 Å². The monoisotopic (exact) mass is 426 g/mol. The van der Waals surface area contributed by atoms with Gasteiger partial charge in [0.25, 0.3) is 11.8 Å². The first-order valence-corrected chi connectivity index (χ1v) is 10.0. The van der Waals surface area contributed by atoms with Crippen molar-refractivity contribution >= 4 is 34.0 Å². The Morgan fingerprint density at radius 2 is 1.16 bits per heavy atom. The molecule has 0 aliphatic heterocycles. The molecule has 160 valence electrons. The normalized spacial score (nSPS) is 10.4. The third kappa shape index (κ3) is 4.39. The Hall–Kier alpha value is -4.32. The SMILES string of the molecule is COc1ccc(C(=O)Nc2ccc3ccccc3c2NC(=O)c2ccc(OC)cc2)cc1. The predicted molar refractivity (Wildman–Crippen MR) is 126 cm³/mol. The van der Waals surface area contributed by atoms with Gasteiger partial charge in [-0.3, -0.25) is 9.59 Å². The van der Waals surface area contributed by atoms with Crippen LogP contribution in [0, 0.1) is 0 Å². The fourth-order valence-electron chi connectivity index (χ4n) is 3.38. The van der Waals surface area contributed by atoms with Gasteiger partial charge in [-0.05, 0) is 60.0 Å². The van der Waals surface area contributed by atoms with Crippen molar-refractivity contribution < 1.29 is 19.1 Å². The zero-order valence-corrected chi connectivity index (χ0v) is 17.7. The number of methoxy groups -OCH3 is 2. The number of carbonyl (C=O) groups excluding carboxylic acids is 2. The van der Waals surface area contributed by atoms with E-state index < -0.39 is 0 Å². The highest BCUT2D eigenvalue weighted by atomic mass is 16.5. The van der Waals surface area contributed by atoms with Crippen LogP contribution in [-0.4, -0.2) is 26.0 Å². The summed E-state index contributed by atoms with van der Waals surface area (Å²) in [5.74, 6) is 0.755. The largest absolute Gasteiger partial charge is 0.497 e. The lowest BCUT2D eigenvalue weighted by molar-refractivity contribution is 0.101. The summed E-state index contributed by atoms with van der Waals surface area (Å²) < 4.78 is 10.3. The average Bonchev–Trinajstić information content (AvgIpc) is 2.85. The molecular formula is C26H22N2O4. The van der Waals surface area contributed by atoms with Crippen molar-refractivity contribution in [2.45, 2.75) is 0 Å². The quantitative estimate of drug-likeness (QED) is 0.435. The van der Waals surface area contributed by atoms with Crippen LogP contribution in [0.2, 0.25) is 0 Å². The maximum atomic E-state index is 13.0. The highest BCUT2D eigenvalue weighted by Crippen LogP contribution is 2.32. The molecule has 0 saturated heterocycles. The summed E-state index contributed by atoms with van der Waals surface area (Å²) in [5.41, 5.74) is 2.00. The molecule has 0 saturated carbocycles. The Labute approximate surface area is 185 Å². The van der Waals surface area contributed by atoms with Crippen molar-refractivity contribution in [3.8, 4) is 11.5 Å². The summed E-state index contributed by atoms with van der Waals surface area (Å²) in [5, 5.41) is 7.65. The fraction of sp³-hybridized carbons (Fsp3) is 0.0769. The van der Waals surface area contributed by atoms with Crippen molar-refractivity contribution in [2.24, 2.45) is 0 Å². The molecule has 0 fully saturated rings. The van der Waals surface area contributed by atoms with Gasteiger partial charge >= 0.3 is 0 Å². The molecule has 0 aliphatic carbocycles. The van der Waals surface area contributed by atoms with Crippen molar-refractivity contribution in [1.82, 2.24) is 0 Å². The summed E-state index contributed by atoms with van der Waals surface area (Å²) in [6.45, 7) is 0. The van der Waals surface area contributed by atoms with E-state index in [0.717, 1.165) is 10.8 Å². The Balaban J connectivity index is 1.67. The van der Waals surface area contributed by atoms with Crippen LogP contribution in [0.3, 0.4) is 0 Å². The maximum Gasteiger partial charge on any atom is 0.255 e. The van der Waals surface area contributed by atoms with Crippen molar-refractivity contribution in [3.63, 3.8) is 0 Å². The van der Waals surface area contributed by atoms with Gasteiger partial charge in [0.2, 0.25) is 0 Å². The number of rotatable bonds is 6. The van der Waals surface area contributed by atoms with Crippen LogP contribution in [0.4, 0.5) is 11.4 Å². The van der Waals surface area contributed by atoms with Crippen LogP contribution in [0.1, 0.15) is 20.7 Å². The van der Waals surface area contributed by atoms with Crippen molar-refractivity contribution in [1.29, 1.82) is 0 Å². The number of amides is 2. The molecule has 2 amide bonds. The van der Waals surface area contributed by atoms with Crippen LogP contribution in [0.15, 0.2) is 84.9 Å². The van der Waals surface area contributed by atoms with Gasteiger partial charge in [0, 0.05) is 16.5 Å². The fourth-order valence-corrected chi connectivity index (χ4v) is 3.38. The molecule has 0 aliphatic rings. The van der Waals surface area contributed by atoms with Gasteiger partial charge in [0.15, 0.2) is 0 Å². The third-order valence-electron chi connectivity index (χ3n) is 5.12. The smallest absolute Gasteiger partial charge is 0.255 e. The Kier molecular flexibility index (Phi) is 6.03. The molecule has 2 N–H and O–H groups in total. The lowest BCUT2D eigenvalue weighted by atomic mass is 10.1. The minimum absolute atomic E-state index is 0.288. The number of fused-ring (bicyclic) bond motifs is 1. The number of hydrogen-bond donors (Lipinski definition) is 2. The van der Waals surface area contributed by atoms with Gasteiger partial charge in [0.1, 0.15) is 11.5 Å². The molecule has 4 rings (SSSR count). The second-order valence-corrected chi connectivity index (χ2v) is 7.07. The first-order chi connectivity index (χ1) is 15.6. The second kappa shape index (κ2) is 9.22. The lowest BCUT2D eigenvalue weighted by Gasteiger charge is -2.16. The van der Waals surface area contributed by atoms with Crippen molar-refractivity contribution in [2.75, 3.05) is 24.9 Å². The van der Waals surface area contributed by atoms with E-state index in [1.54, 1.807) is 68.8 Å². The Morgan fingerprint density at radius 1 is 0.625 bits per heavy atom. The number of benzene rings is 4. The van der Waals surface area contributed by atoms with Gasteiger partial charge in [-0.2, -0.15) is 0 Å². The predicted octanol–water partition coefficient (Wildman–Crippen LogP) is 5.36. The molecule has 4 aromatic carbocycles. The van der Waals surface area contributed by atoms with Gasteiger partial charge in [0.05, 0.1) is 25.6 Å². The van der Waals surface area contributed by atoms with Crippen molar-refractivity contribution in [3.05, 3.63) is 96.1 Å². The van der Waals surface area contributed by atoms with E-state index in [-0.39, 0.29) is 11.8 Å². The van der Waals surface area contributed by atoms with E-state index in [4.69, 9.17) is 9.47 Å². The van der Waals surface area contributed by atoms with Gasteiger partial charge in [-0.1, -0.05) is 30.3 Å². The zero-order chi connectivity index (χ0) is 22.5. The van der Waals surface area contributed by atoms with E-state index >= 15 is 0 Å². The van der Waals surface area contributed by atoms with E-state index in [1.807, 2.05) is 30.3 Å². The molecule has 0 bridgehead atoms. The summed E-state index contributed by atoms with van der Waals surface area (Å²) in [6, 6.07) is 25.0. The Morgan fingerprint density at radius 3 is 1.72 bits per heavy atom. The molecule has 32 heavy (non-hydrogen) atoms. The number of carbonyl (C=O) groups is 2. The molecule has 0 atom stereocenters. The zero-order valence-electron chi connectivity index (χ0n) is 17.7. The molecule has 0 radical (unpaired) electrons. The highest BCUT2D eigenvalue weighted by molar-refractivity contribution is 6.15. The number of ether oxygens (including phenoxy) is 2. The minimum atomic E-state index is -0.289. The topological polar surface area (TPSA) is 76.7 Å². The van der Waals surface area contributed by atoms with E-state index in [9.17, 15) is 9.59 Å². The third-order valence-corrected chi connectivity index (χ3v) is 5.12. The lowest BCUT2D eigenvalue weighted by Crippen LogP contribution is -2.17. The average molecular weight is 426 g/mol. The molecule has 4 aromatic rings. The van der Waals surface area contributed by atoms with Crippen LogP contribution < -0.4 is 20.1 Å². The van der Waals surface area contributed by atoms with Crippen LogP contribution in [0.25, 0.3) is 10.8 Å². The molecule has 0 heterocycles. The second-order valence-electron chi connectivity index (χ2n) is 7.07. The van der Waals surface area contributed by atoms with E-state index in [1.165, 1.54) is 0 Å². The number of hydrogen-bond acceptors (Lipinski definition) is 4. The first kappa shape index (κ1) is 20.9. The van der Waals surface area contributed by atoms with Gasteiger partial charge in [-0.15, -0.1) is 0 Å².